The Morgan fingerprint density at radius 3 is 3.11 bits per heavy atom. The number of nitrogens with two attached hydrogens (primary N) is 1. The molecule has 0 aliphatic carbocycles. The molecule has 2 N–H and O–H groups in total. The van der Waals surface area contributed by atoms with E-state index in [1.54, 1.807) is 22.8 Å². The van der Waals surface area contributed by atoms with Gasteiger partial charge in [-0.15, -0.1) is 5.10 Å². The molecule has 0 radical (unpaired) electrons. The number of hydrogen-bond acceptors (Lipinski definition) is 5. The van der Waals surface area contributed by atoms with Crippen molar-refractivity contribution in [3.8, 4) is 0 Å². The standard InChI is InChI=1S/C11H19N5O2/c1-8-10(3-6-18-8)15(2)11(17)9-7-16(5-4-12)14-13-9/h7-8,10H,3-6,12H2,1-2H3. The van der Waals surface area contributed by atoms with Crippen molar-refractivity contribution in [3.63, 3.8) is 0 Å². The fourth-order valence-electron chi connectivity index (χ4n) is 2.20. The quantitative estimate of drug-likeness (QED) is 0.780. The Morgan fingerprint density at radius 1 is 1.72 bits per heavy atom. The Morgan fingerprint density at radius 2 is 2.50 bits per heavy atom. The van der Waals surface area contributed by atoms with Crippen molar-refractivity contribution in [1.29, 1.82) is 0 Å². The number of ether oxygens (including phenoxy) is 1. The lowest BCUT2D eigenvalue weighted by Crippen LogP contribution is -2.41. The van der Waals surface area contributed by atoms with E-state index >= 15 is 0 Å². The van der Waals surface area contributed by atoms with Gasteiger partial charge in [0.2, 0.25) is 0 Å². The minimum Gasteiger partial charge on any atom is -0.376 e. The van der Waals surface area contributed by atoms with E-state index in [2.05, 4.69) is 10.3 Å². The first kappa shape index (κ1) is 13.0. The summed E-state index contributed by atoms with van der Waals surface area (Å²) in [5.74, 6) is -0.124. The lowest BCUT2D eigenvalue weighted by Gasteiger charge is -2.25. The smallest absolute Gasteiger partial charge is 0.276 e. The van der Waals surface area contributed by atoms with Crippen LogP contribution in [0.4, 0.5) is 0 Å². The maximum Gasteiger partial charge on any atom is 0.276 e. The molecule has 7 nitrogen and oxygen atoms in total. The second-order valence-corrected chi connectivity index (χ2v) is 4.50. The van der Waals surface area contributed by atoms with Gasteiger partial charge in [-0.05, 0) is 13.3 Å². The number of amides is 1. The normalized spacial score (nSPS) is 23.3. The molecule has 0 spiro atoms. The van der Waals surface area contributed by atoms with Crippen LogP contribution >= 0.6 is 0 Å². The molecule has 7 heteroatoms. The minimum atomic E-state index is -0.124. The first-order valence-corrected chi connectivity index (χ1v) is 6.12. The van der Waals surface area contributed by atoms with Crippen molar-refractivity contribution in [1.82, 2.24) is 19.9 Å². The number of carbonyl (C=O) groups is 1. The highest BCUT2D eigenvalue weighted by Gasteiger charge is 2.31. The van der Waals surface area contributed by atoms with Crippen LogP contribution < -0.4 is 5.73 Å². The number of aromatic nitrogens is 3. The molecule has 0 saturated carbocycles. The molecule has 0 bridgehead atoms. The van der Waals surface area contributed by atoms with Crippen LogP contribution in [0.1, 0.15) is 23.8 Å². The molecule has 1 fully saturated rings. The Balaban J connectivity index is 2.05. The van der Waals surface area contributed by atoms with E-state index in [-0.39, 0.29) is 18.1 Å². The Hall–Kier alpha value is -1.47. The highest BCUT2D eigenvalue weighted by molar-refractivity contribution is 5.92. The van der Waals surface area contributed by atoms with Gasteiger partial charge in [-0.25, -0.2) is 0 Å². The van der Waals surface area contributed by atoms with Gasteiger partial charge in [-0.1, -0.05) is 5.21 Å². The SMILES string of the molecule is CC1OCCC1N(C)C(=O)c1cn(CCN)nn1. The van der Waals surface area contributed by atoms with E-state index in [1.807, 2.05) is 6.92 Å². The summed E-state index contributed by atoms with van der Waals surface area (Å²) in [6.07, 6.45) is 2.56. The maximum absolute atomic E-state index is 12.2. The van der Waals surface area contributed by atoms with E-state index in [1.165, 1.54) is 0 Å². The molecule has 2 rings (SSSR count). The van der Waals surface area contributed by atoms with Gasteiger partial charge in [0.05, 0.1) is 24.9 Å². The van der Waals surface area contributed by atoms with E-state index in [0.29, 0.717) is 25.4 Å². The van der Waals surface area contributed by atoms with Crippen LogP contribution in [-0.4, -0.2) is 58.1 Å². The number of carbonyl (C=O) groups excluding carboxylic acids is 1. The van der Waals surface area contributed by atoms with Crippen molar-refractivity contribution in [2.24, 2.45) is 5.73 Å². The van der Waals surface area contributed by atoms with Gasteiger partial charge in [0.1, 0.15) is 0 Å². The Labute approximate surface area is 106 Å². The molecule has 1 amide bonds. The van der Waals surface area contributed by atoms with Crippen molar-refractivity contribution in [2.75, 3.05) is 20.2 Å². The predicted molar refractivity (Wildman–Crippen MR) is 65.0 cm³/mol. The molecular formula is C11H19N5O2. The molecule has 1 aliphatic rings. The van der Waals surface area contributed by atoms with Gasteiger partial charge in [-0.2, -0.15) is 0 Å². The van der Waals surface area contributed by atoms with Gasteiger partial charge in [0.15, 0.2) is 5.69 Å². The van der Waals surface area contributed by atoms with Crippen molar-refractivity contribution in [3.05, 3.63) is 11.9 Å². The third-order valence-corrected chi connectivity index (χ3v) is 3.27. The van der Waals surface area contributed by atoms with Gasteiger partial charge in [0, 0.05) is 20.2 Å². The summed E-state index contributed by atoms with van der Waals surface area (Å²) < 4.78 is 7.04. The van der Waals surface area contributed by atoms with Gasteiger partial charge < -0.3 is 15.4 Å². The number of hydrogen-bond donors (Lipinski definition) is 1. The van der Waals surface area contributed by atoms with Gasteiger partial charge in [-0.3, -0.25) is 9.48 Å². The summed E-state index contributed by atoms with van der Waals surface area (Å²) in [6, 6.07) is 0.108. The molecule has 2 heterocycles. The zero-order valence-electron chi connectivity index (χ0n) is 10.7. The lowest BCUT2D eigenvalue weighted by atomic mass is 10.1. The fraction of sp³-hybridized carbons (Fsp3) is 0.727. The summed E-state index contributed by atoms with van der Waals surface area (Å²) in [7, 11) is 1.78. The summed E-state index contributed by atoms with van der Waals surface area (Å²) in [5, 5.41) is 7.74. The van der Waals surface area contributed by atoms with E-state index in [9.17, 15) is 4.79 Å². The number of nitrogens with zero attached hydrogens (tertiary/aromatic N) is 4. The topological polar surface area (TPSA) is 86.3 Å². The molecule has 100 valence electrons. The molecule has 2 unspecified atom stereocenters. The average molecular weight is 253 g/mol. The zero-order valence-corrected chi connectivity index (χ0v) is 10.7. The monoisotopic (exact) mass is 253 g/mol. The van der Waals surface area contributed by atoms with Crippen LogP contribution in [0, 0.1) is 0 Å². The third-order valence-electron chi connectivity index (χ3n) is 3.27. The predicted octanol–water partition coefficient (Wildman–Crippen LogP) is -0.514. The van der Waals surface area contributed by atoms with Crippen molar-refractivity contribution in [2.45, 2.75) is 32.0 Å². The summed E-state index contributed by atoms with van der Waals surface area (Å²) in [4.78, 5) is 13.9. The van der Waals surface area contributed by atoms with Gasteiger partial charge in [0.25, 0.3) is 5.91 Å². The summed E-state index contributed by atoms with van der Waals surface area (Å²) >= 11 is 0. The molecule has 0 aromatic carbocycles. The van der Waals surface area contributed by atoms with E-state index in [4.69, 9.17) is 10.5 Å². The van der Waals surface area contributed by atoms with Crippen LogP contribution in [0.2, 0.25) is 0 Å². The Kier molecular flexibility index (Phi) is 3.93. The third kappa shape index (κ3) is 2.51. The number of rotatable bonds is 4. The highest BCUT2D eigenvalue weighted by atomic mass is 16.5. The number of likely N-dealkylation sites (N-methyl/N-ethyl adjacent to an activating group) is 1. The zero-order chi connectivity index (χ0) is 13.1. The molecular weight excluding hydrogens is 234 g/mol. The van der Waals surface area contributed by atoms with Crippen LogP contribution in [0.3, 0.4) is 0 Å². The van der Waals surface area contributed by atoms with Crippen LogP contribution in [-0.2, 0) is 11.3 Å². The van der Waals surface area contributed by atoms with E-state index < -0.39 is 0 Å². The van der Waals surface area contributed by atoms with Crippen molar-refractivity contribution < 1.29 is 9.53 Å². The average Bonchev–Trinajstić information content (AvgIpc) is 2.97. The molecule has 1 aromatic rings. The molecule has 1 aromatic heterocycles. The molecule has 2 atom stereocenters. The van der Waals surface area contributed by atoms with Crippen LogP contribution in [0.5, 0.6) is 0 Å². The van der Waals surface area contributed by atoms with Crippen molar-refractivity contribution >= 4 is 5.91 Å². The second-order valence-electron chi connectivity index (χ2n) is 4.50. The molecule has 1 aliphatic heterocycles. The molecule has 1 saturated heterocycles. The van der Waals surface area contributed by atoms with Gasteiger partial charge >= 0.3 is 0 Å². The van der Waals surface area contributed by atoms with Crippen LogP contribution in [0.15, 0.2) is 6.20 Å². The largest absolute Gasteiger partial charge is 0.376 e. The maximum atomic E-state index is 12.2. The highest BCUT2D eigenvalue weighted by Crippen LogP contribution is 2.19. The second kappa shape index (κ2) is 5.45. The Bertz CT molecular complexity index is 419. The van der Waals surface area contributed by atoms with Crippen LogP contribution in [0.25, 0.3) is 0 Å². The fourth-order valence-corrected chi connectivity index (χ4v) is 2.20. The molecule has 18 heavy (non-hydrogen) atoms. The lowest BCUT2D eigenvalue weighted by molar-refractivity contribution is 0.0570. The van der Waals surface area contributed by atoms with E-state index in [0.717, 1.165) is 6.42 Å². The first-order chi connectivity index (χ1) is 8.63. The summed E-state index contributed by atoms with van der Waals surface area (Å²) in [6.45, 7) is 3.71. The summed E-state index contributed by atoms with van der Waals surface area (Å²) in [5.41, 5.74) is 5.77. The minimum absolute atomic E-state index is 0.0676. The first-order valence-electron chi connectivity index (χ1n) is 6.12.